The van der Waals surface area contributed by atoms with Crippen LogP contribution in [0.15, 0.2) is 30.3 Å². The fourth-order valence-electron chi connectivity index (χ4n) is 3.37. The van der Waals surface area contributed by atoms with Crippen molar-refractivity contribution in [2.45, 2.75) is 70.9 Å². The number of benzene rings is 1. The molecular formula is C25H40N5O9P. The fourth-order valence-corrected chi connectivity index (χ4v) is 3.66. The van der Waals surface area contributed by atoms with E-state index in [9.17, 15) is 38.3 Å². The summed E-state index contributed by atoms with van der Waals surface area (Å²) in [6, 6.07) is 6.92. The molecule has 0 aliphatic rings. The summed E-state index contributed by atoms with van der Waals surface area (Å²) in [4.78, 5) is 81.6. The van der Waals surface area contributed by atoms with Gasteiger partial charge in [0, 0.05) is 7.05 Å². The third-order valence-corrected chi connectivity index (χ3v) is 6.78. The maximum absolute atomic E-state index is 12.9. The lowest BCUT2D eigenvalue weighted by atomic mass is 10.1. The van der Waals surface area contributed by atoms with Crippen LogP contribution in [0.3, 0.4) is 0 Å². The van der Waals surface area contributed by atoms with Crippen molar-refractivity contribution in [1.29, 1.82) is 0 Å². The summed E-state index contributed by atoms with van der Waals surface area (Å²) in [6.07, 6.45) is 0.731. The molecule has 0 fully saturated rings. The molecule has 224 valence electrons. The van der Waals surface area contributed by atoms with Gasteiger partial charge in [0.05, 0.1) is 6.54 Å². The zero-order valence-corrected chi connectivity index (χ0v) is 24.1. The van der Waals surface area contributed by atoms with Gasteiger partial charge >= 0.3 is 13.7 Å². The largest absolute Gasteiger partial charge is 0.445 e. The van der Waals surface area contributed by atoms with Gasteiger partial charge in [-0.3, -0.25) is 23.7 Å². The highest BCUT2D eigenvalue weighted by atomic mass is 31.2. The lowest BCUT2D eigenvalue weighted by Gasteiger charge is -2.24. The highest BCUT2D eigenvalue weighted by molar-refractivity contribution is 7.52. The molecule has 0 spiro atoms. The van der Waals surface area contributed by atoms with Crippen LogP contribution in [0.5, 0.6) is 0 Å². The van der Waals surface area contributed by atoms with Crippen molar-refractivity contribution >= 4 is 37.3 Å². The quantitative estimate of drug-likeness (QED) is 0.150. The summed E-state index contributed by atoms with van der Waals surface area (Å²) in [6.45, 7) is 3.94. The Balaban J connectivity index is 2.59. The second-order valence-electron chi connectivity index (χ2n) is 9.21. The first-order valence-corrected chi connectivity index (χ1v) is 14.6. The number of likely N-dealkylation sites (N-methyl/N-ethyl adjacent to an activating group) is 1. The van der Waals surface area contributed by atoms with E-state index in [0.29, 0.717) is 12.8 Å². The molecule has 14 nitrogen and oxygen atoms in total. The van der Waals surface area contributed by atoms with Crippen LogP contribution in [0.2, 0.25) is 0 Å². The van der Waals surface area contributed by atoms with Gasteiger partial charge in [-0.15, -0.1) is 0 Å². The van der Waals surface area contributed by atoms with E-state index in [1.165, 1.54) is 7.05 Å². The molecule has 5 amide bonds. The van der Waals surface area contributed by atoms with Crippen LogP contribution in [0.4, 0.5) is 4.79 Å². The molecule has 0 aliphatic heterocycles. The van der Waals surface area contributed by atoms with E-state index in [2.05, 4.69) is 21.3 Å². The second-order valence-corrected chi connectivity index (χ2v) is 11.2. The van der Waals surface area contributed by atoms with E-state index in [1.807, 2.05) is 6.07 Å². The van der Waals surface area contributed by atoms with Crippen LogP contribution in [0.1, 0.15) is 52.0 Å². The van der Waals surface area contributed by atoms with Gasteiger partial charge < -0.3 is 40.7 Å². The highest BCUT2D eigenvalue weighted by Gasteiger charge is 2.30. The van der Waals surface area contributed by atoms with Crippen LogP contribution in [-0.4, -0.2) is 82.4 Å². The lowest BCUT2D eigenvalue weighted by molar-refractivity contribution is -0.132. The number of hydrogen-bond donors (Lipinski definition) is 6. The molecule has 1 aromatic rings. The molecule has 0 unspecified atom stereocenters. The van der Waals surface area contributed by atoms with E-state index in [4.69, 9.17) is 4.74 Å². The van der Waals surface area contributed by atoms with Gasteiger partial charge in [-0.05, 0) is 25.3 Å². The van der Waals surface area contributed by atoms with Crippen molar-refractivity contribution < 1.29 is 43.1 Å². The van der Waals surface area contributed by atoms with E-state index in [1.54, 1.807) is 38.1 Å². The highest BCUT2D eigenvalue weighted by Crippen LogP contribution is 2.39. The maximum Gasteiger partial charge on any atom is 0.410 e. The summed E-state index contributed by atoms with van der Waals surface area (Å²) in [5, 5.41) is 9.62. The number of nitrogens with one attached hydrogen (secondary N) is 4. The summed E-state index contributed by atoms with van der Waals surface area (Å²) in [7, 11) is -3.19. The SMILES string of the molecule is CCC[C@H](NC(=O)CNC(=O)CN(C)C(=O)OCc1ccccc1)C(=O)N[C@@H](CCC)C(=O)N[C@@H](C)P(=O)(O)O. The summed E-state index contributed by atoms with van der Waals surface area (Å²) < 4.78 is 16.5. The average Bonchev–Trinajstić information content (AvgIpc) is 2.89. The minimum absolute atomic E-state index is 0.0401. The van der Waals surface area contributed by atoms with E-state index in [0.717, 1.165) is 17.4 Å². The molecule has 1 aromatic carbocycles. The van der Waals surface area contributed by atoms with Crippen LogP contribution in [-0.2, 0) is 35.1 Å². The van der Waals surface area contributed by atoms with Gasteiger partial charge in [0.2, 0.25) is 23.6 Å². The first-order chi connectivity index (χ1) is 18.8. The summed E-state index contributed by atoms with van der Waals surface area (Å²) in [5.74, 6) is -4.13. The molecular weight excluding hydrogens is 545 g/mol. The molecule has 0 saturated carbocycles. The minimum Gasteiger partial charge on any atom is -0.445 e. The van der Waals surface area contributed by atoms with Gasteiger partial charge in [-0.2, -0.15) is 0 Å². The van der Waals surface area contributed by atoms with E-state index >= 15 is 0 Å². The number of hydrogen-bond acceptors (Lipinski definition) is 7. The molecule has 0 heterocycles. The molecule has 1 rings (SSSR count). The van der Waals surface area contributed by atoms with Gasteiger partial charge in [-0.25, -0.2) is 4.79 Å². The topological polar surface area (TPSA) is 203 Å². The van der Waals surface area contributed by atoms with E-state index in [-0.39, 0.29) is 26.0 Å². The first kappa shape index (κ1) is 34.5. The van der Waals surface area contributed by atoms with Crippen molar-refractivity contribution in [3.05, 3.63) is 35.9 Å². The van der Waals surface area contributed by atoms with Gasteiger partial charge in [0.1, 0.15) is 31.0 Å². The number of carbonyl (C=O) groups is 5. The van der Waals surface area contributed by atoms with Crippen molar-refractivity contribution in [3.8, 4) is 0 Å². The standard InChI is InChI=1S/C25H40N5O9P/c1-5-10-19(24(34)29-20(11-6-2)23(33)27-17(3)40(36,37)38)28-21(31)14-26-22(32)15-30(4)25(35)39-16-18-12-8-7-9-13-18/h7-9,12-13,17,19-20H,5-6,10-11,14-16H2,1-4H3,(H,26,32)(H,27,33)(H,28,31)(H,29,34)(H2,36,37,38)/t17-,19+,20+/m1/s1. The van der Waals surface area contributed by atoms with Gasteiger partial charge in [0.25, 0.3) is 0 Å². The number of nitrogens with zero attached hydrogens (tertiary/aromatic N) is 1. The lowest BCUT2D eigenvalue weighted by Crippen LogP contribution is -2.55. The number of amides is 5. The first-order valence-electron chi connectivity index (χ1n) is 12.9. The summed E-state index contributed by atoms with van der Waals surface area (Å²) >= 11 is 0. The van der Waals surface area contributed by atoms with Crippen LogP contribution in [0, 0.1) is 0 Å². The second kappa shape index (κ2) is 17.3. The van der Waals surface area contributed by atoms with Crippen LogP contribution < -0.4 is 21.3 Å². The molecule has 0 saturated heterocycles. The Morgan fingerprint density at radius 3 is 2.00 bits per heavy atom. The van der Waals surface area contributed by atoms with Crippen LogP contribution >= 0.6 is 7.60 Å². The molecule has 15 heteroatoms. The molecule has 6 N–H and O–H groups in total. The van der Waals surface area contributed by atoms with Gasteiger partial charge in [-0.1, -0.05) is 57.0 Å². The predicted molar refractivity (Wildman–Crippen MR) is 146 cm³/mol. The monoisotopic (exact) mass is 585 g/mol. The predicted octanol–water partition coefficient (Wildman–Crippen LogP) is 0.581. The molecule has 0 aliphatic carbocycles. The Kier molecular flexibility index (Phi) is 14.9. The smallest absolute Gasteiger partial charge is 0.410 e. The Hall–Kier alpha value is -3.48. The third kappa shape index (κ3) is 13.0. The zero-order chi connectivity index (χ0) is 30.3. The Morgan fingerprint density at radius 2 is 1.45 bits per heavy atom. The fraction of sp³-hybridized carbons (Fsp3) is 0.560. The van der Waals surface area contributed by atoms with Crippen molar-refractivity contribution in [3.63, 3.8) is 0 Å². The molecule has 40 heavy (non-hydrogen) atoms. The van der Waals surface area contributed by atoms with Crippen molar-refractivity contribution in [2.75, 3.05) is 20.1 Å². The molecule has 0 radical (unpaired) electrons. The molecule has 0 aromatic heterocycles. The minimum atomic E-state index is -4.56. The zero-order valence-electron chi connectivity index (χ0n) is 23.2. The third-order valence-electron chi connectivity index (χ3n) is 5.64. The van der Waals surface area contributed by atoms with Gasteiger partial charge in [0.15, 0.2) is 0 Å². The summed E-state index contributed by atoms with van der Waals surface area (Å²) in [5.41, 5.74) is 0.786. The molecule has 0 bridgehead atoms. The maximum atomic E-state index is 12.9. The number of ether oxygens (including phenoxy) is 1. The Labute approximate surface area is 233 Å². The molecule has 3 atom stereocenters. The van der Waals surface area contributed by atoms with E-state index < -0.39 is 61.7 Å². The Bertz CT molecular complexity index is 1050. The average molecular weight is 586 g/mol. The van der Waals surface area contributed by atoms with Crippen LogP contribution in [0.25, 0.3) is 0 Å². The number of rotatable bonds is 16. The Morgan fingerprint density at radius 1 is 0.900 bits per heavy atom. The van der Waals surface area contributed by atoms with Crippen molar-refractivity contribution in [2.24, 2.45) is 0 Å². The number of carbonyl (C=O) groups excluding carboxylic acids is 5. The normalized spacial score (nSPS) is 13.2. The van der Waals surface area contributed by atoms with Crippen molar-refractivity contribution in [1.82, 2.24) is 26.2 Å².